The van der Waals surface area contributed by atoms with Gasteiger partial charge in [-0.25, -0.2) is 9.59 Å². The lowest BCUT2D eigenvalue weighted by atomic mass is 10.1. The van der Waals surface area contributed by atoms with Gasteiger partial charge >= 0.3 is 12.1 Å². The number of rotatable bonds is 5. The Labute approximate surface area is 155 Å². The minimum Gasteiger partial charge on any atom is -0.450 e. The molecule has 0 saturated carbocycles. The predicted octanol–water partition coefficient (Wildman–Crippen LogP) is 0.0706. The number of hydrogen-bond acceptors (Lipinski definition) is 5. The zero-order chi connectivity index (χ0) is 18.9. The molecule has 0 aromatic rings. The Hall–Kier alpha value is -2.03. The summed E-state index contributed by atoms with van der Waals surface area (Å²) in [4.78, 5) is 41.3. The standard InChI is InChI=1S/C17H31N5O4/c1-3-18-15(23)13-20-9-11-21(12-10-20)16(24)19-14-5-7-22(8-6-14)17(25)26-4-2/h14H,3-13H2,1-2H3,(H,18,23)(H,19,24). The third-order valence-corrected chi connectivity index (χ3v) is 4.75. The summed E-state index contributed by atoms with van der Waals surface area (Å²) in [5, 5.41) is 5.86. The largest absolute Gasteiger partial charge is 0.450 e. The van der Waals surface area contributed by atoms with Crippen LogP contribution in [0.3, 0.4) is 0 Å². The topological polar surface area (TPSA) is 94.2 Å². The number of likely N-dealkylation sites (tertiary alicyclic amines) is 1. The van der Waals surface area contributed by atoms with E-state index in [0.717, 1.165) is 12.8 Å². The minimum atomic E-state index is -0.277. The Morgan fingerprint density at radius 2 is 1.62 bits per heavy atom. The summed E-state index contributed by atoms with van der Waals surface area (Å²) >= 11 is 0. The Morgan fingerprint density at radius 3 is 2.19 bits per heavy atom. The van der Waals surface area contributed by atoms with Gasteiger partial charge in [0, 0.05) is 51.9 Å². The fraction of sp³-hybridized carbons (Fsp3) is 0.824. The zero-order valence-corrected chi connectivity index (χ0v) is 15.8. The number of hydrogen-bond donors (Lipinski definition) is 2. The Bertz CT molecular complexity index is 486. The molecular formula is C17H31N5O4. The minimum absolute atomic E-state index is 0.0266. The maximum atomic E-state index is 12.4. The Kier molecular flexibility index (Phi) is 7.96. The molecule has 0 aliphatic carbocycles. The lowest BCUT2D eigenvalue weighted by Crippen LogP contribution is -2.56. The van der Waals surface area contributed by atoms with Gasteiger partial charge in [0.1, 0.15) is 0 Å². The highest BCUT2D eigenvalue weighted by atomic mass is 16.6. The smallest absolute Gasteiger partial charge is 0.409 e. The van der Waals surface area contributed by atoms with E-state index in [4.69, 9.17) is 4.74 Å². The van der Waals surface area contributed by atoms with Crippen LogP contribution in [-0.4, -0.2) is 97.7 Å². The van der Waals surface area contributed by atoms with Crippen LogP contribution in [0.25, 0.3) is 0 Å². The fourth-order valence-electron chi connectivity index (χ4n) is 3.25. The van der Waals surface area contributed by atoms with Crippen molar-refractivity contribution in [3.05, 3.63) is 0 Å². The van der Waals surface area contributed by atoms with E-state index >= 15 is 0 Å². The van der Waals surface area contributed by atoms with Gasteiger partial charge < -0.3 is 25.2 Å². The molecule has 148 valence electrons. The van der Waals surface area contributed by atoms with E-state index < -0.39 is 0 Å². The van der Waals surface area contributed by atoms with Crippen LogP contribution in [0, 0.1) is 0 Å². The number of piperazine rings is 1. The van der Waals surface area contributed by atoms with Crippen LogP contribution in [0.4, 0.5) is 9.59 Å². The second-order valence-corrected chi connectivity index (χ2v) is 6.63. The second kappa shape index (κ2) is 10.2. The van der Waals surface area contributed by atoms with Gasteiger partial charge in [0.25, 0.3) is 0 Å². The quantitative estimate of drug-likeness (QED) is 0.715. The van der Waals surface area contributed by atoms with Crippen molar-refractivity contribution in [1.82, 2.24) is 25.3 Å². The number of carbonyl (C=O) groups excluding carboxylic acids is 3. The summed E-state index contributed by atoms with van der Waals surface area (Å²) in [6, 6.07) is 0.0267. The van der Waals surface area contributed by atoms with Crippen molar-refractivity contribution in [2.45, 2.75) is 32.7 Å². The molecular weight excluding hydrogens is 338 g/mol. The van der Waals surface area contributed by atoms with E-state index in [1.54, 1.807) is 16.7 Å². The fourth-order valence-corrected chi connectivity index (χ4v) is 3.25. The molecule has 4 amide bonds. The molecule has 2 saturated heterocycles. The molecule has 9 nitrogen and oxygen atoms in total. The second-order valence-electron chi connectivity index (χ2n) is 6.63. The third kappa shape index (κ3) is 6.05. The monoisotopic (exact) mass is 369 g/mol. The maximum absolute atomic E-state index is 12.4. The molecule has 0 atom stereocenters. The van der Waals surface area contributed by atoms with Crippen LogP contribution in [-0.2, 0) is 9.53 Å². The first-order chi connectivity index (χ1) is 12.5. The van der Waals surface area contributed by atoms with Crippen LogP contribution < -0.4 is 10.6 Å². The third-order valence-electron chi connectivity index (χ3n) is 4.75. The molecule has 2 aliphatic rings. The van der Waals surface area contributed by atoms with Gasteiger partial charge in [0.05, 0.1) is 13.2 Å². The van der Waals surface area contributed by atoms with Crippen LogP contribution in [0.15, 0.2) is 0 Å². The molecule has 9 heteroatoms. The molecule has 26 heavy (non-hydrogen) atoms. The molecule has 2 heterocycles. The predicted molar refractivity (Wildman–Crippen MR) is 96.8 cm³/mol. The number of ether oxygens (including phenoxy) is 1. The maximum Gasteiger partial charge on any atom is 0.409 e. The number of likely N-dealkylation sites (N-methyl/N-ethyl adjacent to an activating group) is 1. The van der Waals surface area contributed by atoms with Crippen molar-refractivity contribution in [3.63, 3.8) is 0 Å². The normalized spacial score (nSPS) is 19.2. The van der Waals surface area contributed by atoms with Crippen LogP contribution in [0.2, 0.25) is 0 Å². The molecule has 2 aliphatic heterocycles. The van der Waals surface area contributed by atoms with E-state index in [2.05, 4.69) is 15.5 Å². The van der Waals surface area contributed by atoms with Gasteiger partial charge in [0.2, 0.25) is 5.91 Å². The SMILES string of the molecule is CCNC(=O)CN1CCN(C(=O)NC2CCN(C(=O)OCC)CC2)CC1. The van der Waals surface area contributed by atoms with Gasteiger partial charge in [0.15, 0.2) is 0 Å². The van der Waals surface area contributed by atoms with Crippen LogP contribution >= 0.6 is 0 Å². The number of nitrogens with one attached hydrogen (secondary N) is 2. The Balaban J connectivity index is 1.67. The molecule has 2 fully saturated rings. The van der Waals surface area contributed by atoms with Crippen molar-refractivity contribution < 1.29 is 19.1 Å². The summed E-state index contributed by atoms with van der Waals surface area (Å²) in [6.45, 7) is 8.93. The molecule has 0 aromatic heterocycles. The van der Waals surface area contributed by atoms with Crippen molar-refractivity contribution in [2.24, 2.45) is 0 Å². The van der Waals surface area contributed by atoms with Crippen molar-refractivity contribution in [3.8, 4) is 0 Å². The Morgan fingerprint density at radius 1 is 0.962 bits per heavy atom. The average molecular weight is 369 g/mol. The zero-order valence-electron chi connectivity index (χ0n) is 15.8. The van der Waals surface area contributed by atoms with E-state index in [9.17, 15) is 14.4 Å². The lowest BCUT2D eigenvalue weighted by molar-refractivity contribution is -0.122. The molecule has 0 radical (unpaired) electrons. The molecule has 2 N–H and O–H groups in total. The van der Waals surface area contributed by atoms with Gasteiger partial charge in [-0.15, -0.1) is 0 Å². The van der Waals surface area contributed by atoms with Crippen LogP contribution in [0.5, 0.6) is 0 Å². The van der Waals surface area contributed by atoms with E-state index in [-0.39, 0.29) is 24.1 Å². The summed E-state index contributed by atoms with van der Waals surface area (Å²) in [7, 11) is 0. The van der Waals surface area contributed by atoms with Gasteiger partial charge in [-0.1, -0.05) is 0 Å². The number of carbonyl (C=O) groups is 3. The van der Waals surface area contributed by atoms with Crippen molar-refractivity contribution in [1.29, 1.82) is 0 Å². The number of nitrogens with zero attached hydrogens (tertiary/aromatic N) is 3. The summed E-state index contributed by atoms with van der Waals surface area (Å²) in [5.41, 5.74) is 0. The average Bonchev–Trinajstić information content (AvgIpc) is 2.63. The lowest BCUT2D eigenvalue weighted by Gasteiger charge is -2.36. The number of piperidine rings is 1. The van der Waals surface area contributed by atoms with E-state index in [1.807, 2.05) is 6.92 Å². The van der Waals surface area contributed by atoms with E-state index in [0.29, 0.717) is 59.0 Å². The molecule has 0 bridgehead atoms. The highest BCUT2D eigenvalue weighted by Crippen LogP contribution is 2.12. The molecule has 0 spiro atoms. The molecule has 2 rings (SSSR count). The van der Waals surface area contributed by atoms with Gasteiger partial charge in [-0.3, -0.25) is 9.69 Å². The highest BCUT2D eigenvalue weighted by molar-refractivity contribution is 5.78. The highest BCUT2D eigenvalue weighted by Gasteiger charge is 2.27. The molecule has 0 unspecified atom stereocenters. The summed E-state index contributed by atoms with van der Waals surface area (Å²) < 4.78 is 5.00. The van der Waals surface area contributed by atoms with Gasteiger partial charge in [-0.05, 0) is 26.7 Å². The number of amides is 4. The molecule has 0 aromatic carbocycles. The number of urea groups is 1. The van der Waals surface area contributed by atoms with Gasteiger partial charge in [-0.2, -0.15) is 0 Å². The van der Waals surface area contributed by atoms with Crippen molar-refractivity contribution in [2.75, 3.05) is 59.0 Å². The van der Waals surface area contributed by atoms with Crippen molar-refractivity contribution >= 4 is 18.0 Å². The summed E-state index contributed by atoms with van der Waals surface area (Å²) in [6.07, 6.45) is 1.20. The van der Waals surface area contributed by atoms with Crippen LogP contribution in [0.1, 0.15) is 26.7 Å². The first-order valence-corrected chi connectivity index (χ1v) is 9.49. The first kappa shape index (κ1) is 20.3. The summed E-state index contributed by atoms with van der Waals surface area (Å²) in [5.74, 6) is 0.0266. The first-order valence-electron chi connectivity index (χ1n) is 9.49. The van der Waals surface area contributed by atoms with E-state index in [1.165, 1.54) is 0 Å².